The molecule has 0 saturated carbocycles. The number of hydrogen-bond acceptors (Lipinski definition) is 4. The summed E-state index contributed by atoms with van der Waals surface area (Å²) in [6.07, 6.45) is 0.222. The fourth-order valence-electron chi connectivity index (χ4n) is 0.250. The topological polar surface area (TPSA) is 65.0 Å². The fraction of sp³-hybridized carbons (Fsp3) is 0.857. The van der Waals surface area contributed by atoms with Crippen LogP contribution in [0.4, 0.5) is 0 Å². The van der Waals surface area contributed by atoms with Gasteiger partial charge in [0.15, 0.2) is 0 Å². The maximum absolute atomic E-state index is 9.37. The van der Waals surface area contributed by atoms with E-state index in [0.717, 1.165) is 0 Å². The van der Waals surface area contributed by atoms with Crippen LogP contribution in [0.5, 0.6) is 0 Å². The van der Waals surface area contributed by atoms with Gasteiger partial charge in [-0.2, -0.15) is 0 Å². The average molecular weight is 210 g/mol. The lowest BCUT2D eigenvalue weighted by molar-refractivity contribution is -0.136. The van der Waals surface area contributed by atoms with Crippen LogP contribution in [-0.4, -0.2) is 41.2 Å². The first-order valence-electron chi connectivity index (χ1n) is 3.83. The molecule has 5 nitrogen and oxygen atoms in total. The Kier molecular flexibility index (Phi) is 9.47. The van der Waals surface area contributed by atoms with Crippen molar-refractivity contribution in [3.63, 3.8) is 0 Å². The first-order valence-corrected chi connectivity index (χ1v) is 6.05. The number of hydrogen-bond donors (Lipinski definition) is 1. The Labute approximate surface area is 80.0 Å². The van der Waals surface area contributed by atoms with Crippen molar-refractivity contribution >= 4 is 14.8 Å². The summed E-state index contributed by atoms with van der Waals surface area (Å²) >= 11 is 0. The van der Waals surface area contributed by atoms with Crippen LogP contribution >= 0.6 is 0 Å². The third kappa shape index (κ3) is 9.48. The molecule has 0 heterocycles. The lowest BCUT2D eigenvalue weighted by atomic mass is 10.5. The first-order chi connectivity index (χ1) is 5.95. The van der Waals surface area contributed by atoms with Crippen molar-refractivity contribution in [2.24, 2.45) is 0 Å². The van der Waals surface area contributed by atoms with Crippen molar-refractivity contribution in [1.82, 2.24) is 0 Å². The van der Waals surface area contributed by atoms with Gasteiger partial charge >= 0.3 is 14.8 Å². The summed E-state index contributed by atoms with van der Waals surface area (Å²) in [6.45, 7) is 3.43. The molecule has 6 heteroatoms. The average Bonchev–Trinajstić information content (AvgIpc) is 2.17. The molecule has 0 bridgehead atoms. The zero-order valence-electron chi connectivity index (χ0n) is 8.79. The molecule has 0 fully saturated rings. The molecule has 0 aromatic carbocycles. The molecular weight excluding hydrogens is 192 g/mol. The summed E-state index contributed by atoms with van der Waals surface area (Å²) in [5.74, 6) is -0.745. The summed E-state index contributed by atoms with van der Waals surface area (Å²) in [6, 6.07) is 0. The van der Waals surface area contributed by atoms with E-state index >= 15 is 0 Å². The highest BCUT2D eigenvalue weighted by molar-refractivity contribution is 6.58. The summed E-state index contributed by atoms with van der Waals surface area (Å²) in [5, 5.41) is 7.72. The second-order valence-corrected chi connectivity index (χ2v) is 5.17. The monoisotopic (exact) mass is 210 g/mol. The highest BCUT2D eigenvalue weighted by Gasteiger charge is 2.29. The van der Waals surface area contributed by atoms with E-state index < -0.39 is 14.8 Å². The van der Waals surface area contributed by atoms with Crippen LogP contribution in [0.3, 0.4) is 0 Å². The first kappa shape index (κ1) is 15.1. The van der Waals surface area contributed by atoms with Crippen LogP contribution in [0, 0.1) is 0 Å². The molecule has 0 saturated heterocycles. The number of carbonyl (C=O) groups is 1. The minimum absolute atomic E-state index is 0.222. The maximum atomic E-state index is 9.37. The van der Waals surface area contributed by atoms with Gasteiger partial charge in [-0.3, -0.25) is 4.79 Å². The molecule has 0 spiro atoms. The molecule has 0 aromatic rings. The van der Waals surface area contributed by atoms with Crippen molar-refractivity contribution in [3.05, 3.63) is 0 Å². The van der Waals surface area contributed by atoms with Gasteiger partial charge in [0.2, 0.25) is 0 Å². The van der Waals surface area contributed by atoms with E-state index in [1.54, 1.807) is 28.3 Å². The Hall–Kier alpha value is -0.433. The number of rotatable bonds is 4. The van der Waals surface area contributed by atoms with Gasteiger partial charge in [0.1, 0.15) is 0 Å². The highest BCUT2D eigenvalue weighted by atomic mass is 28.4. The van der Waals surface area contributed by atoms with Gasteiger partial charge in [-0.15, -0.1) is 0 Å². The van der Waals surface area contributed by atoms with Gasteiger partial charge in [0, 0.05) is 34.3 Å². The Balaban J connectivity index is 0. The predicted molar refractivity (Wildman–Crippen MR) is 50.6 cm³/mol. The van der Waals surface area contributed by atoms with Crippen molar-refractivity contribution in [2.75, 3.05) is 21.3 Å². The van der Waals surface area contributed by atoms with Gasteiger partial charge in [0.05, 0.1) is 0 Å². The van der Waals surface area contributed by atoms with Crippen LogP contribution in [0.1, 0.15) is 13.3 Å². The molecule has 0 aliphatic carbocycles. The Bertz CT molecular complexity index is 127. The molecule has 13 heavy (non-hydrogen) atoms. The molecule has 0 atom stereocenters. The summed E-state index contributed by atoms with van der Waals surface area (Å²) in [4.78, 5) is 9.37. The molecule has 0 amide bonds. The Morgan fingerprint density at radius 1 is 1.23 bits per heavy atom. The van der Waals surface area contributed by atoms with Gasteiger partial charge in [-0.25, -0.2) is 0 Å². The Morgan fingerprint density at radius 2 is 1.46 bits per heavy atom. The minimum atomic E-state index is -2.17. The summed E-state index contributed by atoms with van der Waals surface area (Å²) in [5.41, 5.74) is 0. The molecule has 0 aromatic heterocycles. The predicted octanol–water partition coefficient (Wildman–Crippen LogP) is 0.975. The molecule has 0 rings (SSSR count). The van der Waals surface area contributed by atoms with Crippen molar-refractivity contribution in [1.29, 1.82) is 0 Å². The second-order valence-electron chi connectivity index (χ2n) is 2.22. The van der Waals surface area contributed by atoms with E-state index in [-0.39, 0.29) is 6.42 Å². The molecule has 80 valence electrons. The highest BCUT2D eigenvalue weighted by Crippen LogP contribution is 2.02. The largest absolute Gasteiger partial charge is 0.496 e. The van der Waals surface area contributed by atoms with E-state index in [1.165, 1.54) is 0 Å². The van der Waals surface area contributed by atoms with Gasteiger partial charge in [0.25, 0.3) is 0 Å². The quantitative estimate of drug-likeness (QED) is 0.701. The Morgan fingerprint density at radius 3 is 1.46 bits per heavy atom. The van der Waals surface area contributed by atoms with Crippen molar-refractivity contribution < 1.29 is 23.2 Å². The van der Waals surface area contributed by atoms with Crippen LogP contribution in [-0.2, 0) is 18.1 Å². The van der Waals surface area contributed by atoms with Crippen molar-refractivity contribution in [2.45, 2.75) is 19.9 Å². The van der Waals surface area contributed by atoms with Gasteiger partial charge < -0.3 is 18.4 Å². The second kappa shape index (κ2) is 8.18. The summed E-state index contributed by atoms with van der Waals surface area (Å²) in [7, 11) is 2.58. The van der Waals surface area contributed by atoms with Crippen LogP contribution in [0.2, 0.25) is 6.55 Å². The minimum Gasteiger partial charge on any atom is -0.481 e. The van der Waals surface area contributed by atoms with E-state index in [9.17, 15) is 4.79 Å². The number of carboxylic acids is 1. The fourth-order valence-corrected chi connectivity index (χ4v) is 0.750. The molecule has 0 radical (unpaired) electrons. The third-order valence-electron chi connectivity index (χ3n) is 1.41. The molecular formula is C7H18O5Si. The number of carboxylic acid groups (broad SMARTS) is 1. The van der Waals surface area contributed by atoms with E-state index in [2.05, 4.69) is 0 Å². The molecule has 0 aliphatic rings. The lowest BCUT2D eigenvalue weighted by Crippen LogP contribution is -2.38. The standard InChI is InChI=1S/C4H12O3Si.C3H6O2/c1-5-8(4,6-2)7-3;1-2-3(4)5/h1-4H3;2H2,1H3,(H,4,5). The zero-order valence-corrected chi connectivity index (χ0v) is 9.79. The number of aliphatic carboxylic acids is 1. The van der Waals surface area contributed by atoms with Crippen LogP contribution in [0.15, 0.2) is 0 Å². The maximum Gasteiger partial charge on any atom is 0.496 e. The molecule has 0 unspecified atom stereocenters. The third-order valence-corrected chi connectivity index (χ3v) is 3.64. The molecule has 0 aliphatic heterocycles. The summed E-state index contributed by atoms with van der Waals surface area (Å²) < 4.78 is 14.8. The van der Waals surface area contributed by atoms with Crippen molar-refractivity contribution in [3.8, 4) is 0 Å². The molecule has 1 N–H and O–H groups in total. The van der Waals surface area contributed by atoms with Gasteiger partial charge in [-0.1, -0.05) is 6.92 Å². The van der Waals surface area contributed by atoms with E-state index in [0.29, 0.717) is 0 Å². The normalized spacial score (nSPS) is 10.2. The SMILES string of the molecule is CCC(=O)O.CO[Si](C)(OC)OC. The zero-order chi connectivity index (χ0) is 10.9. The van der Waals surface area contributed by atoms with Gasteiger partial charge in [-0.05, 0) is 0 Å². The van der Waals surface area contributed by atoms with Crippen LogP contribution in [0.25, 0.3) is 0 Å². The smallest absolute Gasteiger partial charge is 0.481 e. The van der Waals surface area contributed by atoms with E-state index in [4.69, 9.17) is 18.4 Å². The van der Waals surface area contributed by atoms with E-state index in [1.807, 2.05) is 6.55 Å². The lowest BCUT2D eigenvalue weighted by Gasteiger charge is -2.18. The van der Waals surface area contributed by atoms with Crippen LogP contribution < -0.4 is 0 Å².